The Kier molecular flexibility index (Phi) is 5.42. The number of rotatable bonds is 5. The summed E-state index contributed by atoms with van der Waals surface area (Å²) in [6, 6.07) is 9.87. The van der Waals surface area contributed by atoms with E-state index in [9.17, 15) is 13.2 Å². The summed E-state index contributed by atoms with van der Waals surface area (Å²) in [5, 5.41) is 6.22. The number of thiophene rings is 1. The summed E-state index contributed by atoms with van der Waals surface area (Å²) in [6.45, 7) is 4.71. The summed E-state index contributed by atoms with van der Waals surface area (Å²) < 4.78 is 29.4. The van der Waals surface area contributed by atoms with Gasteiger partial charge < -0.3 is 4.90 Å². The van der Waals surface area contributed by atoms with Gasteiger partial charge in [0.1, 0.15) is 4.21 Å². The van der Waals surface area contributed by atoms with Crippen molar-refractivity contribution in [2.45, 2.75) is 36.9 Å². The number of carbonyl (C=O) groups is 1. The average molecular weight is 445 g/mol. The lowest BCUT2D eigenvalue weighted by atomic mass is 10.0. The Hall–Kier alpha value is -2.65. The predicted octanol–water partition coefficient (Wildman–Crippen LogP) is 3.88. The molecular formula is C21H24N4O3S2. The number of sulfonamides is 1. The smallest absolute Gasteiger partial charge is 0.271 e. The van der Waals surface area contributed by atoms with Crippen molar-refractivity contribution in [1.29, 1.82) is 0 Å². The van der Waals surface area contributed by atoms with Crippen molar-refractivity contribution in [2.24, 2.45) is 7.05 Å². The van der Waals surface area contributed by atoms with Gasteiger partial charge in [-0.05, 0) is 62.4 Å². The molecule has 1 aliphatic heterocycles. The highest BCUT2D eigenvalue weighted by molar-refractivity contribution is 7.94. The molecule has 1 unspecified atom stereocenters. The van der Waals surface area contributed by atoms with Crippen molar-refractivity contribution in [3.8, 4) is 0 Å². The van der Waals surface area contributed by atoms with Crippen LogP contribution in [0.5, 0.6) is 0 Å². The van der Waals surface area contributed by atoms with E-state index in [0.717, 1.165) is 41.1 Å². The maximum Gasteiger partial charge on any atom is 0.271 e. The molecule has 30 heavy (non-hydrogen) atoms. The van der Waals surface area contributed by atoms with Gasteiger partial charge in [0.15, 0.2) is 0 Å². The number of benzene rings is 1. The highest BCUT2D eigenvalue weighted by Crippen LogP contribution is 2.36. The number of nitrogens with one attached hydrogen (secondary N) is 1. The number of hydrogen-bond donors (Lipinski definition) is 1. The summed E-state index contributed by atoms with van der Waals surface area (Å²) in [5.41, 5.74) is 4.13. The summed E-state index contributed by atoms with van der Waals surface area (Å²) in [4.78, 5) is 15.1. The zero-order valence-corrected chi connectivity index (χ0v) is 18.8. The van der Waals surface area contributed by atoms with Crippen LogP contribution in [0.1, 0.15) is 46.2 Å². The fraction of sp³-hybridized carbons (Fsp3) is 0.333. The molecule has 1 fully saturated rings. The predicted molar refractivity (Wildman–Crippen MR) is 117 cm³/mol. The first-order chi connectivity index (χ1) is 14.3. The van der Waals surface area contributed by atoms with Crippen molar-refractivity contribution < 1.29 is 13.2 Å². The van der Waals surface area contributed by atoms with E-state index in [4.69, 9.17) is 0 Å². The maximum atomic E-state index is 13.2. The molecule has 0 radical (unpaired) electrons. The van der Waals surface area contributed by atoms with Crippen molar-refractivity contribution in [1.82, 2.24) is 14.7 Å². The molecule has 0 aliphatic carbocycles. The lowest BCUT2D eigenvalue weighted by Crippen LogP contribution is -2.31. The molecule has 0 saturated carbocycles. The molecule has 1 aliphatic rings. The van der Waals surface area contributed by atoms with Crippen LogP contribution in [0.25, 0.3) is 0 Å². The first kappa shape index (κ1) is 20.6. The Morgan fingerprint density at radius 1 is 1.20 bits per heavy atom. The molecule has 158 valence electrons. The van der Waals surface area contributed by atoms with Crippen LogP contribution < -0.4 is 4.72 Å². The SMILES string of the molecule is Cc1nn(C)c(C)c1C1CCCN1C(=O)c1ccc(NS(=O)(=O)c2cccs2)cc1. The van der Waals surface area contributed by atoms with Crippen molar-refractivity contribution in [3.63, 3.8) is 0 Å². The van der Waals surface area contributed by atoms with Crippen molar-refractivity contribution >= 4 is 33.0 Å². The standard InChI is InChI=1S/C21H24N4O3S2/c1-14-20(15(2)24(3)22-14)18-6-4-12-25(18)21(26)16-8-10-17(11-9-16)23-30(27,28)19-7-5-13-29-19/h5,7-11,13,18,23H,4,6,12H2,1-3H3. The number of aromatic nitrogens is 2. The molecule has 1 N–H and O–H groups in total. The second-order valence-electron chi connectivity index (χ2n) is 7.48. The zero-order chi connectivity index (χ0) is 21.5. The molecule has 9 heteroatoms. The fourth-order valence-electron chi connectivity index (χ4n) is 4.05. The van der Waals surface area contributed by atoms with E-state index >= 15 is 0 Å². The van der Waals surface area contributed by atoms with Crippen LogP contribution in [-0.4, -0.2) is 35.6 Å². The van der Waals surface area contributed by atoms with Crippen LogP contribution in [0.15, 0.2) is 46.0 Å². The summed E-state index contributed by atoms with van der Waals surface area (Å²) in [7, 11) is -1.69. The number of likely N-dealkylation sites (tertiary alicyclic amines) is 1. The highest BCUT2D eigenvalue weighted by Gasteiger charge is 2.34. The topological polar surface area (TPSA) is 84.3 Å². The van der Waals surface area contributed by atoms with Crippen LogP contribution in [0, 0.1) is 13.8 Å². The van der Waals surface area contributed by atoms with E-state index in [1.165, 1.54) is 0 Å². The largest absolute Gasteiger partial charge is 0.331 e. The Morgan fingerprint density at radius 3 is 2.53 bits per heavy atom. The van der Waals surface area contributed by atoms with Gasteiger partial charge in [0.2, 0.25) is 0 Å². The van der Waals surface area contributed by atoms with E-state index in [1.807, 2.05) is 30.5 Å². The Morgan fingerprint density at radius 2 is 1.93 bits per heavy atom. The number of anilines is 1. The molecule has 0 bridgehead atoms. The molecule has 1 amide bonds. The Labute approximate surface area is 180 Å². The van der Waals surface area contributed by atoms with E-state index < -0.39 is 10.0 Å². The molecule has 1 aromatic carbocycles. The molecule has 4 rings (SSSR count). The first-order valence-corrected chi connectivity index (χ1v) is 12.1. The van der Waals surface area contributed by atoms with Gasteiger partial charge in [0.05, 0.1) is 11.7 Å². The monoisotopic (exact) mass is 444 g/mol. The minimum Gasteiger partial charge on any atom is -0.331 e. The third-order valence-electron chi connectivity index (χ3n) is 5.56. The molecule has 3 heterocycles. The fourth-order valence-corrected chi connectivity index (χ4v) is 6.10. The third kappa shape index (κ3) is 3.75. The molecule has 0 spiro atoms. The summed E-state index contributed by atoms with van der Waals surface area (Å²) >= 11 is 1.16. The van der Waals surface area contributed by atoms with E-state index in [1.54, 1.807) is 41.8 Å². The summed E-state index contributed by atoms with van der Waals surface area (Å²) in [5.74, 6) is -0.0483. The average Bonchev–Trinajstić information content (AvgIpc) is 3.44. The van der Waals surface area contributed by atoms with Gasteiger partial charge in [0.25, 0.3) is 15.9 Å². The van der Waals surface area contributed by atoms with Crippen molar-refractivity contribution in [2.75, 3.05) is 11.3 Å². The zero-order valence-electron chi connectivity index (χ0n) is 17.1. The second-order valence-corrected chi connectivity index (χ2v) is 10.3. The van der Waals surface area contributed by atoms with Crippen LogP contribution in [0.4, 0.5) is 5.69 Å². The van der Waals surface area contributed by atoms with E-state index in [-0.39, 0.29) is 16.2 Å². The van der Waals surface area contributed by atoms with Gasteiger partial charge in [-0.3, -0.25) is 14.2 Å². The number of amides is 1. The quantitative estimate of drug-likeness (QED) is 0.647. The molecular weight excluding hydrogens is 420 g/mol. The maximum absolute atomic E-state index is 13.2. The van der Waals surface area contributed by atoms with Gasteiger partial charge in [0, 0.05) is 36.1 Å². The lowest BCUT2D eigenvalue weighted by molar-refractivity contribution is 0.0735. The first-order valence-electron chi connectivity index (χ1n) is 9.75. The van der Waals surface area contributed by atoms with Gasteiger partial charge in [-0.1, -0.05) is 6.07 Å². The highest BCUT2D eigenvalue weighted by atomic mass is 32.2. The number of hydrogen-bond acceptors (Lipinski definition) is 5. The number of nitrogens with zero attached hydrogens (tertiary/aromatic N) is 3. The van der Waals surface area contributed by atoms with Gasteiger partial charge in [-0.2, -0.15) is 5.10 Å². The Bertz CT molecular complexity index is 1170. The molecule has 7 nitrogen and oxygen atoms in total. The molecule has 2 aromatic heterocycles. The van der Waals surface area contributed by atoms with Crippen LogP contribution >= 0.6 is 11.3 Å². The van der Waals surface area contributed by atoms with Gasteiger partial charge in [-0.25, -0.2) is 8.42 Å². The minimum absolute atomic E-state index is 0.0169. The second kappa shape index (κ2) is 7.88. The molecule has 3 aromatic rings. The number of aryl methyl sites for hydroxylation is 2. The minimum atomic E-state index is -3.61. The van der Waals surface area contributed by atoms with Crippen LogP contribution in [-0.2, 0) is 17.1 Å². The third-order valence-corrected chi connectivity index (χ3v) is 8.33. The van der Waals surface area contributed by atoms with Gasteiger partial charge in [-0.15, -0.1) is 11.3 Å². The normalized spacial score (nSPS) is 16.8. The Balaban J connectivity index is 1.53. The number of carbonyl (C=O) groups excluding carboxylic acids is 1. The molecule has 1 atom stereocenters. The lowest BCUT2D eigenvalue weighted by Gasteiger charge is -2.25. The van der Waals surface area contributed by atoms with Crippen molar-refractivity contribution in [3.05, 3.63) is 64.3 Å². The van der Waals surface area contributed by atoms with Crippen LogP contribution in [0.2, 0.25) is 0 Å². The van der Waals surface area contributed by atoms with Gasteiger partial charge >= 0.3 is 0 Å². The van der Waals surface area contributed by atoms with E-state index in [2.05, 4.69) is 9.82 Å². The summed E-state index contributed by atoms with van der Waals surface area (Å²) in [6.07, 6.45) is 1.86. The molecule has 1 saturated heterocycles. The van der Waals surface area contributed by atoms with E-state index in [0.29, 0.717) is 17.8 Å². The van der Waals surface area contributed by atoms with Crippen LogP contribution in [0.3, 0.4) is 0 Å².